The van der Waals surface area contributed by atoms with Gasteiger partial charge in [-0.05, 0) is 36.5 Å². The van der Waals surface area contributed by atoms with Crippen LogP contribution < -0.4 is 0 Å². The zero-order chi connectivity index (χ0) is 20.7. The second-order valence-electron chi connectivity index (χ2n) is 8.61. The average Bonchev–Trinajstić information content (AvgIpc) is 3.46. The minimum Gasteiger partial charge on any atom is -0.337 e. The number of hydrogen-bond donors (Lipinski definition) is 1. The van der Waals surface area contributed by atoms with Gasteiger partial charge in [-0.1, -0.05) is 32.0 Å². The zero-order valence-corrected chi connectivity index (χ0v) is 17.4. The molecule has 3 aromatic heterocycles. The summed E-state index contributed by atoms with van der Waals surface area (Å²) in [5, 5.41) is 8.13. The molecule has 1 N–H and O–H groups in total. The van der Waals surface area contributed by atoms with Crippen molar-refractivity contribution in [3.05, 3.63) is 54.1 Å². The van der Waals surface area contributed by atoms with Crippen molar-refractivity contribution in [3.63, 3.8) is 0 Å². The Labute approximate surface area is 175 Å². The Hall–Kier alpha value is -3.22. The molecule has 0 bridgehead atoms. The molecule has 0 radical (unpaired) electrons. The number of likely N-dealkylation sites (tertiary alicyclic amines) is 1. The van der Waals surface area contributed by atoms with E-state index >= 15 is 0 Å². The maximum absolute atomic E-state index is 13.1. The molecule has 1 aromatic carbocycles. The Bertz CT molecular complexity index is 1210. The molecule has 154 valence electrons. The van der Waals surface area contributed by atoms with Crippen LogP contribution in [-0.4, -0.2) is 48.6 Å². The normalized spacial score (nSPS) is 16.9. The van der Waals surface area contributed by atoms with Crippen LogP contribution in [-0.2, 0) is 13.0 Å². The number of aromatic amines is 1. The first-order valence-electron chi connectivity index (χ1n) is 10.6. The summed E-state index contributed by atoms with van der Waals surface area (Å²) in [5.74, 6) is 1.98. The van der Waals surface area contributed by atoms with Gasteiger partial charge in [-0.15, -0.1) is 0 Å². The van der Waals surface area contributed by atoms with Gasteiger partial charge in [0.15, 0.2) is 11.3 Å². The molecule has 0 aliphatic carbocycles. The number of nitrogens with one attached hydrogen (secondary N) is 1. The molecule has 0 unspecified atom stereocenters. The van der Waals surface area contributed by atoms with Gasteiger partial charge in [-0.25, -0.2) is 9.97 Å². The van der Waals surface area contributed by atoms with Gasteiger partial charge in [0.2, 0.25) is 0 Å². The summed E-state index contributed by atoms with van der Waals surface area (Å²) in [7, 11) is 0. The Morgan fingerprint density at radius 3 is 2.97 bits per heavy atom. The van der Waals surface area contributed by atoms with Crippen LogP contribution in [0.1, 0.15) is 36.6 Å². The third-order valence-corrected chi connectivity index (χ3v) is 5.85. The number of benzene rings is 1. The van der Waals surface area contributed by atoms with Crippen LogP contribution >= 0.6 is 0 Å². The first-order chi connectivity index (χ1) is 14.6. The molecule has 5 rings (SSSR count). The lowest BCUT2D eigenvalue weighted by Crippen LogP contribution is -2.29. The third kappa shape index (κ3) is 3.34. The molecule has 0 saturated carbocycles. The van der Waals surface area contributed by atoms with Gasteiger partial charge in [-0.3, -0.25) is 9.89 Å². The Morgan fingerprint density at radius 2 is 2.10 bits per heavy atom. The topological polar surface area (TPSA) is 79.7 Å². The van der Waals surface area contributed by atoms with Crippen molar-refractivity contribution < 1.29 is 4.79 Å². The highest BCUT2D eigenvalue weighted by Crippen LogP contribution is 2.26. The van der Waals surface area contributed by atoms with Crippen molar-refractivity contribution in [3.8, 4) is 0 Å². The summed E-state index contributed by atoms with van der Waals surface area (Å²) in [6, 6.07) is 11.7. The first-order valence-corrected chi connectivity index (χ1v) is 10.6. The standard InChI is InChI=1S/C23H26N6O/c1-15(2)13-29-20(25-19-8-5-10-24-22(19)29)12-16-9-11-28(14-16)23(30)21-17-6-3-4-7-18(17)26-27-21/h3-8,10,15-16H,9,11-14H2,1-2H3,(H,26,27)/t16-/m0/s1. The van der Waals surface area contributed by atoms with Gasteiger partial charge in [0, 0.05) is 37.6 Å². The zero-order valence-electron chi connectivity index (χ0n) is 17.4. The highest BCUT2D eigenvalue weighted by molar-refractivity contribution is 6.04. The van der Waals surface area contributed by atoms with Crippen molar-refractivity contribution in [2.24, 2.45) is 11.8 Å². The number of pyridine rings is 1. The molecule has 7 nitrogen and oxygen atoms in total. The summed E-state index contributed by atoms with van der Waals surface area (Å²) < 4.78 is 2.26. The van der Waals surface area contributed by atoms with Crippen molar-refractivity contribution in [2.75, 3.05) is 13.1 Å². The molecular formula is C23H26N6O. The summed E-state index contributed by atoms with van der Waals surface area (Å²) in [6.07, 6.45) is 3.66. The highest BCUT2D eigenvalue weighted by atomic mass is 16.2. The van der Waals surface area contributed by atoms with Crippen LogP contribution in [0.25, 0.3) is 22.1 Å². The van der Waals surface area contributed by atoms with E-state index in [1.807, 2.05) is 47.5 Å². The molecule has 0 spiro atoms. The second-order valence-corrected chi connectivity index (χ2v) is 8.61. The molecule has 1 fully saturated rings. The monoisotopic (exact) mass is 402 g/mol. The maximum atomic E-state index is 13.1. The summed E-state index contributed by atoms with van der Waals surface area (Å²) in [6.45, 7) is 6.81. The Kier molecular flexibility index (Phi) is 4.73. The van der Waals surface area contributed by atoms with Crippen LogP contribution in [0.2, 0.25) is 0 Å². The fraction of sp³-hybridized carbons (Fsp3) is 0.391. The van der Waals surface area contributed by atoms with Gasteiger partial charge < -0.3 is 9.47 Å². The van der Waals surface area contributed by atoms with Crippen molar-refractivity contribution >= 4 is 28.0 Å². The smallest absolute Gasteiger partial charge is 0.275 e. The number of carbonyl (C=O) groups excluding carboxylic acids is 1. The number of hydrogen-bond acceptors (Lipinski definition) is 4. The SMILES string of the molecule is CC(C)Cn1c(C[C@@H]2CCN(C(=O)c3n[nH]c4ccccc34)C2)nc2cccnc21. The predicted octanol–water partition coefficient (Wildman–Crippen LogP) is 3.67. The number of rotatable bonds is 5. The number of imidazole rings is 1. The minimum absolute atomic E-state index is 0.00676. The summed E-state index contributed by atoms with van der Waals surface area (Å²) in [5.41, 5.74) is 3.31. The number of nitrogens with zero attached hydrogens (tertiary/aromatic N) is 5. The summed E-state index contributed by atoms with van der Waals surface area (Å²) >= 11 is 0. The lowest BCUT2D eigenvalue weighted by Gasteiger charge is -2.16. The van der Waals surface area contributed by atoms with E-state index in [1.165, 1.54) is 0 Å². The highest BCUT2D eigenvalue weighted by Gasteiger charge is 2.30. The van der Waals surface area contributed by atoms with Crippen LogP contribution in [0.5, 0.6) is 0 Å². The molecule has 1 amide bonds. The third-order valence-electron chi connectivity index (χ3n) is 5.85. The number of para-hydroxylation sites is 1. The number of carbonyl (C=O) groups is 1. The predicted molar refractivity (Wildman–Crippen MR) is 116 cm³/mol. The van der Waals surface area contributed by atoms with Gasteiger partial charge in [0.1, 0.15) is 11.3 Å². The first kappa shape index (κ1) is 18.8. The molecular weight excluding hydrogens is 376 g/mol. The van der Waals surface area contributed by atoms with E-state index in [2.05, 4.69) is 33.6 Å². The van der Waals surface area contributed by atoms with E-state index in [1.54, 1.807) is 0 Å². The summed E-state index contributed by atoms with van der Waals surface area (Å²) in [4.78, 5) is 24.4. The van der Waals surface area contributed by atoms with Gasteiger partial charge in [-0.2, -0.15) is 5.10 Å². The number of amides is 1. The van der Waals surface area contributed by atoms with Crippen molar-refractivity contribution in [1.82, 2.24) is 29.6 Å². The molecule has 1 aliphatic heterocycles. The van der Waals surface area contributed by atoms with Crippen LogP contribution in [0.4, 0.5) is 0 Å². The van der Waals surface area contributed by atoms with Crippen LogP contribution in [0, 0.1) is 11.8 Å². The number of fused-ring (bicyclic) bond motifs is 2. The fourth-order valence-electron chi connectivity index (χ4n) is 4.44. The van der Waals surface area contributed by atoms with E-state index in [4.69, 9.17) is 4.98 Å². The molecule has 30 heavy (non-hydrogen) atoms. The lowest BCUT2D eigenvalue weighted by molar-refractivity contribution is 0.0783. The Balaban J connectivity index is 1.35. The lowest BCUT2D eigenvalue weighted by atomic mass is 10.0. The Morgan fingerprint density at radius 1 is 1.23 bits per heavy atom. The average molecular weight is 403 g/mol. The van der Waals surface area contributed by atoms with E-state index in [0.717, 1.165) is 60.4 Å². The van der Waals surface area contributed by atoms with Gasteiger partial charge >= 0.3 is 0 Å². The van der Waals surface area contributed by atoms with Crippen molar-refractivity contribution in [2.45, 2.75) is 33.2 Å². The molecule has 7 heteroatoms. The minimum atomic E-state index is 0.00676. The van der Waals surface area contributed by atoms with Crippen LogP contribution in [0.15, 0.2) is 42.6 Å². The number of H-pyrrole nitrogens is 1. The molecule has 4 aromatic rings. The fourth-order valence-corrected chi connectivity index (χ4v) is 4.44. The van der Waals surface area contributed by atoms with E-state index < -0.39 is 0 Å². The van der Waals surface area contributed by atoms with E-state index in [9.17, 15) is 4.79 Å². The van der Waals surface area contributed by atoms with E-state index in [-0.39, 0.29) is 5.91 Å². The maximum Gasteiger partial charge on any atom is 0.275 e. The largest absolute Gasteiger partial charge is 0.337 e. The van der Waals surface area contributed by atoms with Crippen molar-refractivity contribution in [1.29, 1.82) is 0 Å². The molecule has 1 atom stereocenters. The second kappa shape index (κ2) is 7.55. The van der Waals surface area contributed by atoms with Gasteiger partial charge in [0.05, 0.1) is 5.52 Å². The molecule has 1 aliphatic rings. The van der Waals surface area contributed by atoms with Crippen LogP contribution in [0.3, 0.4) is 0 Å². The number of aromatic nitrogens is 5. The molecule has 1 saturated heterocycles. The molecule has 4 heterocycles. The van der Waals surface area contributed by atoms with E-state index in [0.29, 0.717) is 17.5 Å². The quantitative estimate of drug-likeness (QED) is 0.552. The van der Waals surface area contributed by atoms with Gasteiger partial charge in [0.25, 0.3) is 5.91 Å².